The van der Waals surface area contributed by atoms with E-state index in [-0.39, 0.29) is 17.5 Å². The number of amides is 1. The van der Waals surface area contributed by atoms with E-state index in [9.17, 15) is 4.79 Å². The van der Waals surface area contributed by atoms with Gasteiger partial charge in [0.15, 0.2) is 0 Å². The predicted octanol–water partition coefficient (Wildman–Crippen LogP) is 5.69. The molecular formula is C25H28BrN3O3S. The molecule has 8 heteroatoms. The lowest BCUT2D eigenvalue weighted by molar-refractivity contribution is 0.0543. The highest BCUT2D eigenvalue weighted by atomic mass is 79.9. The molecule has 174 valence electrons. The van der Waals surface area contributed by atoms with Gasteiger partial charge in [0.1, 0.15) is 11.4 Å². The first-order valence-electron chi connectivity index (χ1n) is 11.2. The van der Waals surface area contributed by atoms with Crippen LogP contribution in [0.25, 0.3) is 11.3 Å². The minimum Gasteiger partial charge on any atom is -0.496 e. The third kappa shape index (κ3) is 3.92. The number of fused-ring (bicyclic) bond motifs is 5. The smallest absolute Gasteiger partial charge is 0.271 e. The van der Waals surface area contributed by atoms with E-state index in [0.29, 0.717) is 19.8 Å². The van der Waals surface area contributed by atoms with E-state index in [1.54, 1.807) is 18.4 Å². The van der Waals surface area contributed by atoms with Gasteiger partial charge in [-0.05, 0) is 73.3 Å². The number of methoxy groups -OCH3 is 1. The van der Waals surface area contributed by atoms with Gasteiger partial charge >= 0.3 is 0 Å². The second-order valence-electron chi connectivity index (χ2n) is 9.57. The van der Waals surface area contributed by atoms with Gasteiger partial charge in [0.2, 0.25) is 0 Å². The first-order valence-corrected chi connectivity index (χ1v) is 12.9. The van der Waals surface area contributed by atoms with Crippen molar-refractivity contribution in [2.45, 2.75) is 51.8 Å². The molecule has 0 bridgehead atoms. The first-order chi connectivity index (χ1) is 15.8. The normalized spacial score (nSPS) is 18.6. The van der Waals surface area contributed by atoms with Crippen molar-refractivity contribution in [3.8, 4) is 17.0 Å². The minimum atomic E-state index is -0.285. The molecule has 1 aromatic carbocycles. The van der Waals surface area contributed by atoms with E-state index in [1.807, 2.05) is 16.6 Å². The van der Waals surface area contributed by atoms with Crippen LogP contribution in [0.1, 0.15) is 59.7 Å². The zero-order chi connectivity index (χ0) is 23.3. The van der Waals surface area contributed by atoms with Gasteiger partial charge < -0.3 is 18.9 Å². The highest BCUT2D eigenvalue weighted by Gasteiger charge is 2.37. The Morgan fingerprint density at radius 2 is 2.06 bits per heavy atom. The lowest BCUT2D eigenvalue weighted by atomic mass is 9.93. The van der Waals surface area contributed by atoms with Crippen LogP contribution in [0.2, 0.25) is 0 Å². The number of carbonyl (C=O) groups is 1. The van der Waals surface area contributed by atoms with Gasteiger partial charge in [-0.2, -0.15) is 0 Å². The van der Waals surface area contributed by atoms with Crippen LogP contribution in [-0.2, 0) is 17.8 Å². The Morgan fingerprint density at radius 1 is 1.24 bits per heavy atom. The maximum absolute atomic E-state index is 14.1. The van der Waals surface area contributed by atoms with E-state index in [4.69, 9.17) is 9.47 Å². The van der Waals surface area contributed by atoms with Gasteiger partial charge in [0.25, 0.3) is 5.91 Å². The summed E-state index contributed by atoms with van der Waals surface area (Å²) in [5.41, 5.74) is 6.60. The molecular weight excluding hydrogens is 502 g/mol. The summed E-state index contributed by atoms with van der Waals surface area (Å²) in [6.45, 7) is 8.04. The molecule has 1 unspecified atom stereocenters. The topological polar surface area (TPSA) is 56.6 Å². The number of hydrogen-bond donors (Lipinski definition) is 0. The van der Waals surface area contributed by atoms with Crippen LogP contribution in [0.5, 0.6) is 5.75 Å². The average Bonchev–Trinajstić information content (AvgIpc) is 3.42. The molecule has 33 heavy (non-hydrogen) atoms. The highest BCUT2D eigenvalue weighted by molar-refractivity contribution is 9.10. The van der Waals surface area contributed by atoms with Gasteiger partial charge in [-0.3, -0.25) is 9.78 Å². The summed E-state index contributed by atoms with van der Waals surface area (Å²) in [6, 6.07) is 6.34. The lowest BCUT2D eigenvalue weighted by Crippen LogP contribution is -2.47. The molecule has 2 aliphatic rings. The van der Waals surface area contributed by atoms with Crippen LogP contribution < -0.4 is 4.74 Å². The summed E-state index contributed by atoms with van der Waals surface area (Å²) in [4.78, 5) is 21.6. The SMILES string of the molecule is COc1cc2c(cc1Br)-c1cc3c(n1C(c1cncs1)C2)C(=O)N(C(C)(C)C)CCCOC3. The number of hydrogen-bond acceptors (Lipinski definition) is 5. The molecule has 0 fully saturated rings. The molecule has 0 aliphatic carbocycles. The second-order valence-corrected chi connectivity index (χ2v) is 11.3. The Bertz CT molecular complexity index is 1200. The van der Waals surface area contributed by atoms with Gasteiger partial charge in [0.05, 0.1) is 29.7 Å². The number of carbonyl (C=O) groups excluding carboxylic acids is 1. The van der Waals surface area contributed by atoms with Crippen LogP contribution in [0, 0.1) is 0 Å². The predicted molar refractivity (Wildman–Crippen MR) is 133 cm³/mol. The van der Waals surface area contributed by atoms with Crippen LogP contribution >= 0.6 is 27.3 Å². The van der Waals surface area contributed by atoms with E-state index >= 15 is 0 Å². The molecule has 3 aromatic rings. The highest BCUT2D eigenvalue weighted by Crippen LogP contribution is 2.45. The van der Waals surface area contributed by atoms with Crippen LogP contribution in [0.3, 0.4) is 0 Å². The van der Waals surface area contributed by atoms with Crippen molar-refractivity contribution in [1.82, 2.24) is 14.5 Å². The third-order valence-corrected chi connectivity index (χ3v) is 7.96. The maximum Gasteiger partial charge on any atom is 0.271 e. The maximum atomic E-state index is 14.1. The summed E-state index contributed by atoms with van der Waals surface area (Å²) in [5.74, 6) is 0.879. The molecule has 0 saturated carbocycles. The quantitative estimate of drug-likeness (QED) is 0.427. The molecule has 5 rings (SSSR count). The molecule has 2 aromatic heterocycles. The Kier molecular flexibility index (Phi) is 5.87. The number of aromatic nitrogens is 2. The molecule has 0 spiro atoms. The molecule has 0 radical (unpaired) electrons. The zero-order valence-electron chi connectivity index (χ0n) is 19.4. The van der Waals surface area contributed by atoms with E-state index in [0.717, 1.165) is 50.5 Å². The van der Waals surface area contributed by atoms with Crippen molar-refractivity contribution >= 4 is 33.2 Å². The van der Waals surface area contributed by atoms with Crippen molar-refractivity contribution in [3.05, 3.63) is 56.1 Å². The fraction of sp³-hybridized carbons (Fsp3) is 0.440. The zero-order valence-corrected chi connectivity index (χ0v) is 21.8. The van der Waals surface area contributed by atoms with Crippen LogP contribution in [-0.4, -0.2) is 46.2 Å². The molecule has 1 amide bonds. The van der Waals surface area contributed by atoms with Crippen molar-refractivity contribution in [3.63, 3.8) is 0 Å². The summed E-state index contributed by atoms with van der Waals surface area (Å²) >= 11 is 5.28. The number of benzene rings is 1. The molecule has 4 heterocycles. The average molecular weight is 530 g/mol. The van der Waals surface area contributed by atoms with Crippen molar-refractivity contribution in [1.29, 1.82) is 0 Å². The molecule has 0 saturated heterocycles. The number of thiazole rings is 1. The Hall–Kier alpha value is -2.16. The van der Waals surface area contributed by atoms with Gasteiger partial charge in [-0.1, -0.05) is 0 Å². The fourth-order valence-electron chi connectivity index (χ4n) is 4.91. The van der Waals surface area contributed by atoms with Crippen LogP contribution in [0.15, 0.2) is 34.4 Å². The minimum absolute atomic E-state index is 0.0128. The van der Waals surface area contributed by atoms with E-state index < -0.39 is 0 Å². The summed E-state index contributed by atoms with van der Waals surface area (Å²) < 4.78 is 14.7. The third-order valence-electron chi connectivity index (χ3n) is 6.46. The summed E-state index contributed by atoms with van der Waals surface area (Å²) in [7, 11) is 1.68. The Labute approximate surface area is 206 Å². The monoisotopic (exact) mass is 529 g/mol. The second kappa shape index (κ2) is 8.56. The summed E-state index contributed by atoms with van der Waals surface area (Å²) in [5, 5.41) is 0. The van der Waals surface area contributed by atoms with Gasteiger partial charge in [-0.15, -0.1) is 11.3 Å². The molecule has 6 nitrogen and oxygen atoms in total. The Morgan fingerprint density at radius 3 is 2.76 bits per heavy atom. The largest absolute Gasteiger partial charge is 0.496 e. The van der Waals surface area contributed by atoms with Gasteiger partial charge in [0, 0.05) is 46.6 Å². The molecule has 1 atom stereocenters. The van der Waals surface area contributed by atoms with Crippen molar-refractivity contribution in [2.75, 3.05) is 20.3 Å². The van der Waals surface area contributed by atoms with E-state index in [2.05, 4.69) is 64.5 Å². The van der Waals surface area contributed by atoms with Crippen LogP contribution in [0.4, 0.5) is 0 Å². The first kappa shape index (κ1) is 22.6. The lowest BCUT2D eigenvalue weighted by Gasteiger charge is -2.37. The number of nitrogens with zero attached hydrogens (tertiary/aromatic N) is 3. The molecule has 2 aliphatic heterocycles. The number of ether oxygens (including phenoxy) is 2. The molecule has 0 N–H and O–H groups in total. The fourth-order valence-corrected chi connectivity index (χ4v) is 6.13. The van der Waals surface area contributed by atoms with Crippen molar-refractivity contribution < 1.29 is 14.3 Å². The number of halogens is 1. The number of rotatable bonds is 2. The Balaban J connectivity index is 1.77. The van der Waals surface area contributed by atoms with Crippen molar-refractivity contribution in [2.24, 2.45) is 0 Å². The van der Waals surface area contributed by atoms with Gasteiger partial charge in [-0.25, -0.2) is 0 Å². The summed E-state index contributed by atoms with van der Waals surface area (Å²) in [6.07, 6.45) is 3.51. The van der Waals surface area contributed by atoms with E-state index in [1.165, 1.54) is 5.56 Å². The standard InChI is InChI=1S/C25H28BrN3O3S/c1-25(2,3)28-6-5-7-32-13-16-9-19-17-11-18(26)21(31-4)10-15(17)8-20(22-12-27-14-33-22)29(19)23(16)24(28)30/h9-12,14,20H,5-8,13H2,1-4H3.